The number of hydrogen-bond acceptors (Lipinski definition) is 3. The molecule has 5 rings (SSSR count). The van der Waals surface area contributed by atoms with E-state index in [2.05, 4.69) is 29.8 Å². The van der Waals surface area contributed by atoms with Crippen molar-refractivity contribution in [2.24, 2.45) is 0 Å². The number of aromatic nitrogens is 3. The van der Waals surface area contributed by atoms with Gasteiger partial charge in [0.15, 0.2) is 5.65 Å². The Kier molecular flexibility index (Phi) is 5.38. The Bertz CT molecular complexity index is 1480. The molecule has 3 aromatic carbocycles. The highest BCUT2D eigenvalue weighted by Gasteiger charge is 2.14. The molecule has 1 N–H and O–H groups in total. The van der Waals surface area contributed by atoms with Gasteiger partial charge in [-0.1, -0.05) is 55.5 Å². The van der Waals surface area contributed by atoms with Crippen molar-refractivity contribution in [1.82, 2.24) is 14.5 Å². The van der Waals surface area contributed by atoms with Crippen LogP contribution in [0.5, 0.6) is 0 Å². The minimum Gasteiger partial charge on any atom is -0.322 e. The molecule has 1 amide bonds. The number of fused-ring (bicyclic) bond motifs is 2. The summed E-state index contributed by atoms with van der Waals surface area (Å²) in [5.41, 5.74) is 6.62. The van der Waals surface area contributed by atoms with Crippen molar-refractivity contribution < 1.29 is 4.79 Å². The molecular weight excluding hydrogens is 408 g/mol. The zero-order valence-corrected chi connectivity index (χ0v) is 19.1. The van der Waals surface area contributed by atoms with Gasteiger partial charge >= 0.3 is 0 Å². The van der Waals surface area contributed by atoms with Crippen LogP contribution in [0.15, 0.2) is 72.8 Å². The lowest BCUT2D eigenvalue weighted by Crippen LogP contribution is -2.12. The van der Waals surface area contributed by atoms with Crippen LogP contribution >= 0.6 is 0 Å². The van der Waals surface area contributed by atoms with Crippen LogP contribution in [0.25, 0.3) is 21.9 Å². The van der Waals surface area contributed by atoms with Crippen LogP contribution in [0.4, 0.5) is 5.69 Å². The first-order valence-electron chi connectivity index (χ1n) is 11.2. The molecule has 5 nitrogen and oxygen atoms in total. The zero-order valence-electron chi connectivity index (χ0n) is 19.1. The molecule has 5 aromatic rings. The van der Waals surface area contributed by atoms with E-state index in [9.17, 15) is 4.79 Å². The number of imidazole rings is 1. The number of pyridine rings is 1. The normalized spacial score (nSPS) is 11.2. The van der Waals surface area contributed by atoms with Crippen molar-refractivity contribution in [2.75, 3.05) is 5.32 Å². The molecule has 0 saturated carbocycles. The lowest BCUT2D eigenvalue weighted by Gasteiger charge is -2.11. The maximum absolute atomic E-state index is 12.9. The summed E-state index contributed by atoms with van der Waals surface area (Å²) >= 11 is 0. The Morgan fingerprint density at radius 2 is 1.70 bits per heavy atom. The van der Waals surface area contributed by atoms with Crippen LogP contribution in [-0.2, 0) is 13.0 Å². The predicted octanol–water partition coefficient (Wildman–Crippen LogP) is 6.06. The van der Waals surface area contributed by atoms with Gasteiger partial charge in [0.1, 0.15) is 11.3 Å². The summed E-state index contributed by atoms with van der Waals surface area (Å²) in [4.78, 5) is 22.5. The van der Waals surface area contributed by atoms with Crippen LogP contribution in [0.2, 0.25) is 0 Å². The fourth-order valence-electron chi connectivity index (χ4n) is 4.38. The number of benzene rings is 3. The summed E-state index contributed by atoms with van der Waals surface area (Å²) in [6.45, 7) is 6.91. The highest BCUT2D eigenvalue weighted by atomic mass is 16.1. The average Bonchev–Trinajstić information content (AvgIpc) is 3.17. The van der Waals surface area contributed by atoms with Crippen LogP contribution in [-0.4, -0.2) is 20.4 Å². The third-order valence-corrected chi connectivity index (χ3v) is 6.00. The van der Waals surface area contributed by atoms with Crippen LogP contribution in [0.1, 0.15) is 39.9 Å². The van der Waals surface area contributed by atoms with Crippen molar-refractivity contribution in [1.29, 1.82) is 0 Å². The third-order valence-electron chi connectivity index (χ3n) is 6.00. The second-order valence-corrected chi connectivity index (χ2v) is 8.40. The summed E-state index contributed by atoms with van der Waals surface area (Å²) in [7, 11) is 0. The minimum absolute atomic E-state index is 0.108. The second kappa shape index (κ2) is 8.51. The Morgan fingerprint density at radius 1 is 0.939 bits per heavy atom. The molecule has 0 atom stereocenters. The minimum atomic E-state index is -0.108. The maximum Gasteiger partial charge on any atom is 0.256 e. The topological polar surface area (TPSA) is 59.8 Å². The smallest absolute Gasteiger partial charge is 0.256 e. The molecule has 2 heterocycles. The van der Waals surface area contributed by atoms with Crippen LogP contribution < -0.4 is 5.32 Å². The molecule has 5 heteroatoms. The van der Waals surface area contributed by atoms with E-state index < -0.39 is 0 Å². The van der Waals surface area contributed by atoms with Crippen molar-refractivity contribution >= 4 is 33.5 Å². The van der Waals surface area contributed by atoms with Gasteiger partial charge in [-0.3, -0.25) is 4.79 Å². The lowest BCUT2D eigenvalue weighted by atomic mass is 10.0. The molecule has 0 unspecified atom stereocenters. The van der Waals surface area contributed by atoms with Gasteiger partial charge < -0.3 is 9.88 Å². The number of nitrogens with zero attached hydrogens (tertiary/aromatic N) is 3. The Hall–Kier alpha value is -3.99. The van der Waals surface area contributed by atoms with E-state index in [-0.39, 0.29) is 5.91 Å². The Morgan fingerprint density at radius 3 is 2.48 bits per heavy atom. The van der Waals surface area contributed by atoms with E-state index in [0.717, 1.165) is 56.7 Å². The standard InChI is InChI=1S/C28H26N4O/c1-4-25-31-26-18(2)16-19(3)29-27(26)32(25)17-20-12-14-22(15-13-20)30-28(33)24-11-7-9-21-8-5-6-10-23(21)24/h5-16H,4,17H2,1-3H3,(H,30,33). The molecule has 0 aliphatic heterocycles. The highest BCUT2D eigenvalue weighted by molar-refractivity contribution is 6.12. The van der Waals surface area contributed by atoms with Crippen molar-refractivity contribution in [3.63, 3.8) is 0 Å². The van der Waals surface area contributed by atoms with E-state index in [4.69, 9.17) is 9.97 Å². The Labute approximate surface area is 193 Å². The van der Waals surface area contributed by atoms with Gasteiger partial charge in [-0.05, 0) is 60.0 Å². The van der Waals surface area contributed by atoms with E-state index in [0.29, 0.717) is 12.1 Å². The number of aryl methyl sites for hydroxylation is 3. The first-order valence-corrected chi connectivity index (χ1v) is 11.2. The summed E-state index contributed by atoms with van der Waals surface area (Å²) in [6, 6.07) is 23.8. The molecule has 0 aliphatic rings. The first-order chi connectivity index (χ1) is 16.0. The largest absolute Gasteiger partial charge is 0.322 e. The molecule has 0 radical (unpaired) electrons. The van der Waals surface area contributed by atoms with Gasteiger partial charge in [0.25, 0.3) is 5.91 Å². The monoisotopic (exact) mass is 434 g/mol. The number of amides is 1. The molecule has 164 valence electrons. The summed E-state index contributed by atoms with van der Waals surface area (Å²) < 4.78 is 2.19. The fourth-order valence-corrected chi connectivity index (χ4v) is 4.38. The van der Waals surface area contributed by atoms with Crippen molar-refractivity contribution in [2.45, 2.75) is 33.7 Å². The summed E-state index contributed by atoms with van der Waals surface area (Å²) in [5.74, 6) is 0.920. The van der Waals surface area contributed by atoms with Crippen LogP contribution in [0, 0.1) is 13.8 Å². The zero-order chi connectivity index (χ0) is 22.9. The molecule has 0 fully saturated rings. The summed E-state index contributed by atoms with van der Waals surface area (Å²) in [6.07, 6.45) is 0.841. The Balaban J connectivity index is 1.39. The molecule has 0 spiro atoms. The predicted molar refractivity (Wildman–Crippen MR) is 134 cm³/mol. The molecular formula is C28H26N4O. The summed E-state index contributed by atoms with van der Waals surface area (Å²) in [5, 5.41) is 5.04. The highest BCUT2D eigenvalue weighted by Crippen LogP contribution is 2.23. The third kappa shape index (κ3) is 3.98. The van der Waals surface area contributed by atoms with Gasteiger partial charge in [-0.2, -0.15) is 0 Å². The number of carbonyl (C=O) groups excluding carboxylic acids is 1. The van der Waals surface area contributed by atoms with Crippen LogP contribution in [0.3, 0.4) is 0 Å². The molecule has 33 heavy (non-hydrogen) atoms. The second-order valence-electron chi connectivity index (χ2n) is 8.40. The van der Waals surface area contributed by atoms with Gasteiger partial charge in [0, 0.05) is 23.4 Å². The number of nitrogens with one attached hydrogen (secondary N) is 1. The number of hydrogen-bond donors (Lipinski definition) is 1. The lowest BCUT2D eigenvalue weighted by molar-refractivity contribution is 0.102. The quantitative estimate of drug-likeness (QED) is 0.365. The number of rotatable bonds is 5. The van der Waals surface area contributed by atoms with Crippen molar-refractivity contribution in [3.8, 4) is 0 Å². The van der Waals surface area contributed by atoms with Gasteiger partial charge in [-0.25, -0.2) is 9.97 Å². The maximum atomic E-state index is 12.9. The molecule has 0 bridgehead atoms. The van der Waals surface area contributed by atoms with Crippen molar-refractivity contribution in [3.05, 3.63) is 101 Å². The van der Waals surface area contributed by atoms with Gasteiger partial charge in [0.05, 0.1) is 6.54 Å². The van der Waals surface area contributed by atoms with E-state index in [1.165, 1.54) is 0 Å². The van der Waals surface area contributed by atoms with Gasteiger partial charge in [-0.15, -0.1) is 0 Å². The molecule has 0 aliphatic carbocycles. The fraction of sp³-hybridized carbons (Fsp3) is 0.179. The average molecular weight is 435 g/mol. The molecule has 2 aromatic heterocycles. The number of anilines is 1. The van der Waals surface area contributed by atoms with Gasteiger partial charge in [0.2, 0.25) is 0 Å². The number of carbonyl (C=O) groups is 1. The van der Waals surface area contributed by atoms with E-state index >= 15 is 0 Å². The first kappa shape index (κ1) is 20.9. The molecule has 0 saturated heterocycles. The van der Waals surface area contributed by atoms with E-state index in [1.54, 1.807) is 0 Å². The van der Waals surface area contributed by atoms with E-state index in [1.807, 2.05) is 73.7 Å². The SMILES string of the molecule is CCc1nc2c(C)cc(C)nc2n1Cc1ccc(NC(=O)c2cccc3ccccc23)cc1.